The lowest BCUT2D eigenvalue weighted by molar-refractivity contribution is -0.384. The summed E-state index contributed by atoms with van der Waals surface area (Å²) in [6.45, 7) is 0. The van der Waals surface area contributed by atoms with E-state index in [2.05, 4.69) is 33.4 Å². The second-order valence-corrected chi connectivity index (χ2v) is 5.77. The number of nitrogens with zero attached hydrogens (tertiary/aromatic N) is 1. The maximum absolute atomic E-state index is 11.1. The summed E-state index contributed by atoms with van der Waals surface area (Å²) < 4.78 is 0.830. The van der Waals surface area contributed by atoms with Gasteiger partial charge in [0, 0.05) is 10.5 Å². The van der Waals surface area contributed by atoms with Crippen LogP contribution in [0.2, 0.25) is 0 Å². The number of rotatable bonds is 3. The first-order valence-electron chi connectivity index (χ1n) is 6.43. The van der Waals surface area contributed by atoms with Crippen molar-refractivity contribution in [3.05, 3.63) is 68.2 Å². The van der Waals surface area contributed by atoms with Gasteiger partial charge in [0.25, 0.3) is 5.69 Å². The molecule has 0 saturated heterocycles. The van der Waals surface area contributed by atoms with Crippen LogP contribution in [0.15, 0.2) is 46.9 Å². The zero-order valence-corrected chi connectivity index (χ0v) is 12.3. The van der Waals surface area contributed by atoms with E-state index in [9.17, 15) is 10.1 Å². The van der Waals surface area contributed by atoms with Gasteiger partial charge in [0.1, 0.15) is 5.69 Å². The number of nitrogens with one attached hydrogen (secondary N) is 1. The fourth-order valence-electron chi connectivity index (χ4n) is 2.68. The Bertz CT molecular complexity index is 673. The van der Waals surface area contributed by atoms with Gasteiger partial charge in [-0.2, -0.15) is 0 Å². The molecule has 2 aromatic rings. The molecule has 1 aliphatic carbocycles. The lowest BCUT2D eigenvalue weighted by Crippen LogP contribution is -2.08. The Morgan fingerprint density at radius 1 is 1.25 bits per heavy atom. The highest BCUT2D eigenvalue weighted by Crippen LogP contribution is 2.37. The van der Waals surface area contributed by atoms with Gasteiger partial charge in [0.2, 0.25) is 0 Å². The van der Waals surface area contributed by atoms with Crippen molar-refractivity contribution in [2.45, 2.75) is 18.9 Å². The second-order valence-electron chi connectivity index (χ2n) is 4.85. The number of anilines is 1. The lowest BCUT2D eigenvalue weighted by atomic mass is 10.1. The minimum Gasteiger partial charge on any atom is -0.373 e. The first-order chi connectivity index (χ1) is 9.65. The van der Waals surface area contributed by atoms with Crippen molar-refractivity contribution in [2.24, 2.45) is 0 Å². The molecule has 0 aliphatic heterocycles. The summed E-state index contributed by atoms with van der Waals surface area (Å²) in [5.74, 6) is 0. The van der Waals surface area contributed by atoms with Crippen molar-refractivity contribution in [1.82, 2.24) is 0 Å². The van der Waals surface area contributed by atoms with Crippen LogP contribution < -0.4 is 5.32 Å². The minimum atomic E-state index is -0.352. The predicted octanol–water partition coefficient (Wildman–Crippen LogP) is 4.46. The third-order valence-corrected chi connectivity index (χ3v) is 4.11. The van der Waals surface area contributed by atoms with Crippen molar-refractivity contribution in [1.29, 1.82) is 0 Å². The molecule has 0 radical (unpaired) electrons. The maximum atomic E-state index is 11.1. The molecule has 20 heavy (non-hydrogen) atoms. The highest BCUT2D eigenvalue weighted by molar-refractivity contribution is 9.10. The number of benzene rings is 2. The van der Waals surface area contributed by atoms with Crippen LogP contribution in [-0.2, 0) is 6.42 Å². The van der Waals surface area contributed by atoms with Crippen LogP contribution in [0.3, 0.4) is 0 Å². The molecule has 0 heterocycles. The number of aryl methyl sites for hydroxylation is 1. The molecule has 0 fully saturated rings. The molecule has 0 spiro atoms. The number of nitro groups is 1. The monoisotopic (exact) mass is 332 g/mol. The molecular weight excluding hydrogens is 320 g/mol. The van der Waals surface area contributed by atoms with Crippen LogP contribution in [0.1, 0.15) is 23.6 Å². The van der Waals surface area contributed by atoms with E-state index in [1.54, 1.807) is 12.1 Å². The first kappa shape index (κ1) is 13.1. The van der Waals surface area contributed by atoms with Gasteiger partial charge >= 0.3 is 0 Å². The number of hydrogen-bond acceptors (Lipinski definition) is 3. The van der Waals surface area contributed by atoms with E-state index in [-0.39, 0.29) is 16.7 Å². The van der Waals surface area contributed by atoms with Crippen molar-refractivity contribution in [3.8, 4) is 0 Å². The summed E-state index contributed by atoms with van der Waals surface area (Å²) in [7, 11) is 0. The molecular formula is C15H13BrN2O2. The Hall–Kier alpha value is -1.88. The summed E-state index contributed by atoms with van der Waals surface area (Å²) in [4.78, 5) is 10.8. The van der Waals surface area contributed by atoms with E-state index in [4.69, 9.17) is 0 Å². The molecule has 1 N–H and O–H groups in total. The predicted molar refractivity (Wildman–Crippen MR) is 81.9 cm³/mol. The third-order valence-electron chi connectivity index (χ3n) is 3.62. The lowest BCUT2D eigenvalue weighted by Gasteiger charge is -2.15. The molecule has 0 amide bonds. The maximum Gasteiger partial charge on any atom is 0.292 e. The standard InChI is InChI=1S/C15H13BrN2O2/c16-11-6-8-15(18(19)20)14(9-11)17-13-7-5-10-3-1-2-4-12(10)13/h1-4,6,8-9,13,17H,5,7H2. The van der Waals surface area contributed by atoms with Crippen molar-refractivity contribution in [2.75, 3.05) is 5.32 Å². The topological polar surface area (TPSA) is 55.2 Å². The zero-order chi connectivity index (χ0) is 14.1. The van der Waals surface area contributed by atoms with Gasteiger partial charge in [-0.25, -0.2) is 0 Å². The smallest absolute Gasteiger partial charge is 0.292 e. The summed E-state index contributed by atoms with van der Waals surface area (Å²) >= 11 is 3.36. The Kier molecular flexibility index (Phi) is 3.44. The van der Waals surface area contributed by atoms with E-state index in [1.807, 2.05) is 12.1 Å². The Morgan fingerprint density at radius 2 is 2.05 bits per heavy atom. The summed E-state index contributed by atoms with van der Waals surface area (Å²) in [5.41, 5.74) is 3.23. The van der Waals surface area contributed by atoms with Crippen LogP contribution in [0, 0.1) is 10.1 Å². The molecule has 1 atom stereocenters. The van der Waals surface area contributed by atoms with Crippen molar-refractivity contribution >= 4 is 27.3 Å². The zero-order valence-electron chi connectivity index (χ0n) is 10.7. The largest absolute Gasteiger partial charge is 0.373 e. The molecule has 0 bridgehead atoms. The van der Waals surface area contributed by atoms with Gasteiger partial charge in [0.15, 0.2) is 0 Å². The van der Waals surface area contributed by atoms with Gasteiger partial charge in [-0.05, 0) is 36.1 Å². The minimum absolute atomic E-state index is 0.109. The molecule has 0 aromatic heterocycles. The van der Waals surface area contributed by atoms with Crippen LogP contribution in [-0.4, -0.2) is 4.92 Å². The van der Waals surface area contributed by atoms with E-state index in [0.29, 0.717) is 5.69 Å². The molecule has 1 unspecified atom stereocenters. The number of halogens is 1. The summed E-state index contributed by atoms with van der Waals surface area (Å²) in [6.07, 6.45) is 1.97. The van der Waals surface area contributed by atoms with E-state index in [1.165, 1.54) is 17.2 Å². The van der Waals surface area contributed by atoms with E-state index >= 15 is 0 Å². The summed E-state index contributed by atoms with van der Waals surface area (Å²) in [6, 6.07) is 13.4. The first-order valence-corrected chi connectivity index (χ1v) is 7.23. The molecule has 5 heteroatoms. The van der Waals surface area contributed by atoms with Crippen LogP contribution >= 0.6 is 15.9 Å². The Morgan fingerprint density at radius 3 is 2.85 bits per heavy atom. The number of hydrogen-bond donors (Lipinski definition) is 1. The summed E-state index contributed by atoms with van der Waals surface area (Å²) in [5, 5.41) is 14.4. The molecule has 102 valence electrons. The van der Waals surface area contributed by atoms with Crippen molar-refractivity contribution < 1.29 is 4.92 Å². The average molecular weight is 333 g/mol. The highest BCUT2D eigenvalue weighted by Gasteiger charge is 2.24. The molecule has 0 saturated carbocycles. The molecule has 2 aromatic carbocycles. The van der Waals surface area contributed by atoms with Crippen LogP contribution in [0.25, 0.3) is 0 Å². The Labute approximate surface area is 125 Å². The van der Waals surface area contributed by atoms with Gasteiger partial charge < -0.3 is 5.32 Å². The van der Waals surface area contributed by atoms with E-state index < -0.39 is 0 Å². The highest BCUT2D eigenvalue weighted by atomic mass is 79.9. The van der Waals surface area contributed by atoms with Gasteiger partial charge in [-0.1, -0.05) is 40.2 Å². The van der Waals surface area contributed by atoms with Gasteiger partial charge in [0.05, 0.1) is 11.0 Å². The van der Waals surface area contributed by atoms with E-state index in [0.717, 1.165) is 17.3 Å². The quantitative estimate of drug-likeness (QED) is 0.667. The normalized spacial score (nSPS) is 16.8. The second kappa shape index (κ2) is 5.25. The van der Waals surface area contributed by atoms with Gasteiger partial charge in [-0.15, -0.1) is 0 Å². The third kappa shape index (κ3) is 2.41. The average Bonchev–Trinajstić information content (AvgIpc) is 2.82. The molecule has 3 rings (SSSR count). The molecule has 1 aliphatic rings. The fraction of sp³-hybridized carbons (Fsp3) is 0.200. The SMILES string of the molecule is O=[N+]([O-])c1ccc(Br)cc1NC1CCc2ccccc21. The number of fused-ring (bicyclic) bond motifs is 1. The van der Waals surface area contributed by atoms with Gasteiger partial charge in [-0.3, -0.25) is 10.1 Å². The van der Waals surface area contributed by atoms with Crippen LogP contribution in [0.5, 0.6) is 0 Å². The van der Waals surface area contributed by atoms with Crippen molar-refractivity contribution in [3.63, 3.8) is 0 Å². The fourth-order valence-corrected chi connectivity index (χ4v) is 3.04. The number of nitro benzene ring substituents is 1. The molecule has 4 nitrogen and oxygen atoms in total. The Balaban J connectivity index is 1.93. The van der Waals surface area contributed by atoms with Crippen LogP contribution in [0.4, 0.5) is 11.4 Å².